The third kappa shape index (κ3) is 6.18. The molecule has 4 rings (SSSR count). The van der Waals surface area contributed by atoms with E-state index in [0.717, 1.165) is 0 Å². The minimum Gasteiger partial charge on any atom is -0.466 e. The summed E-state index contributed by atoms with van der Waals surface area (Å²) in [4.78, 5) is 39.2. The van der Waals surface area contributed by atoms with Crippen LogP contribution in [0.5, 0.6) is 0 Å². The number of methoxy groups -OCH3 is 1. The van der Waals surface area contributed by atoms with E-state index in [4.69, 9.17) is 16.3 Å². The molecule has 2 aromatic rings. The molecule has 0 aromatic heterocycles. The van der Waals surface area contributed by atoms with Crippen molar-refractivity contribution in [2.75, 3.05) is 20.2 Å². The Bertz CT molecular complexity index is 1490. The number of benzene rings is 2. The molecule has 0 unspecified atom stereocenters. The first-order chi connectivity index (χ1) is 19.3. The molecule has 2 aliphatic rings. The molecular formula is C27H30ClN3O6. The SMILES string of the molecule is Cl.[2H]c1c([2H])c([2H])c(CN2CC[C@H](OC(=O)C3=C(C)NC(C)=C(C(=O)OC)[C@@H]3c3cccc([N+](=O)[O-])c3)C2)c([2H])c1[2H]. The molecule has 2 heterocycles. The lowest BCUT2D eigenvalue weighted by atomic mass is 9.80. The van der Waals surface area contributed by atoms with E-state index in [9.17, 15) is 19.7 Å². The van der Waals surface area contributed by atoms with Crippen molar-refractivity contribution >= 4 is 30.0 Å². The summed E-state index contributed by atoms with van der Waals surface area (Å²) in [7, 11) is 1.21. The summed E-state index contributed by atoms with van der Waals surface area (Å²) in [5.41, 5.74) is 1.40. The highest BCUT2D eigenvalue weighted by Gasteiger charge is 2.39. The number of esters is 2. The van der Waals surface area contributed by atoms with Crippen molar-refractivity contribution in [3.63, 3.8) is 0 Å². The number of nitrogens with one attached hydrogen (secondary N) is 1. The number of likely N-dealkylation sites (tertiary alicyclic amines) is 1. The van der Waals surface area contributed by atoms with Gasteiger partial charge in [0.2, 0.25) is 0 Å². The summed E-state index contributed by atoms with van der Waals surface area (Å²) in [6.07, 6.45) is -0.142. The second-order valence-corrected chi connectivity index (χ2v) is 8.63. The number of nitro benzene ring substituents is 1. The van der Waals surface area contributed by atoms with E-state index >= 15 is 0 Å². The highest BCUT2D eigenvalue weighted by molar-refractivity contribution is 6.00. The fraction of sp³-hybridized carbons (Fsp3) is 0.333. The number of carbonyl (C=O) groups is 2. The maximum atomic E-state index is 13.7. The van der Waals surface area contributed by atoms with Crippen LogP contribution in [0.15, 0.2) is 77.0 Å². The third-order valence-corrected chi connectivity index (χ3v) is 6.24. The van der Waals surface area contributed by atoms with Crippen LogP contribution in [0, 0.1) is 10.1 Å². The molecule has 2 aliphatic heterocycles. The number of ether oxygens (including phenoxy) is 2. The van der Waals surface area contributed by atoms with E-state index in [2.05, 4.69) is 5.32 Å². The van der Waals surface area contributed by atoms with Crippen molar-refractivity contribution in [3.05, 3.63) is 98.3 Å². The van der Waals surface area contributed by atoms with Crippen LogP contribution in [0.25, 0.3) is 0 Å². The quantitative estimate of drug-likeness (QED) is 0.320. The van der Waals surface area contributed by atoms with Gasteiger partial charge in [0.25, 0.3) is 5.69 Å². The Morgan fingerprint density at radius 1 is 1.16 bits per heavy atom. The minimum atomic E-state index is -0.986. The third-order valence-electron chi connectivity index (χ3n) is 6.24. The molecule has 1 N–H and O–H groups in total. The number of dihydropyridines is 1. The van der Waals surface area contributed by atoms with Gasteiger partial charge in [-0.3, -0.25) is 15.0 Å². The molecule has 196 valence electrons. The van der Waals surface area contributed by atoms with Gasteiger partial charge in [0, 0.05) is 43.2 Å². The Labute approximate surface area is 228 Å². The predicted octanol–water partition coefficient (Wildman–Crippen LogP) is 4.24. The van der Waals surface area contributed by atoms with Crippen LogP contribution in [0.4, 0.5) is 5.69 Å². The van der Waals surface area contributed by atoms with Gasteiger partial charge in [-0.25, -0.2) is 9.59 Å². The number of hydrogen-bond acceptors (Lipinski definition) is 8. The summed E-state index contributed by atoms with van der Waals surface area (Å²) in [6, 6.07) is 3.87. The van der Waals surface area contributed by atoms with E-state index in [1.165, 1.54) is 25.3 Å². The van der Waals surface area contributed by atoms with E-state index in [1.807, 2.05) is 4.90 Å². The molecule has 0 aliphatic carbocycles. The van der Waals surface area contributed by atoms with Crippen LogP contribution in [-0.2, 0) is 25.6 Å². The molecule has 0 radical (unpaired) electrons. The van der Waals surface area contributed by atoms with Crippen LogP contribution in [0.3, 0.4) is 0 Å². The lowest BCUT2D eigenvalue weighted by Crippen LogP contribution is -2.34. The Balaban J connectivity index is 0.00000484. The molecule has 10 heteroatoms. The molecule has 37 heavy (non-hydrogen) atoms. The number of rotatable bonds is 7. The zero-order valence-corrected chi connectivity index (χ0v) is 21.4. The molecule has 1 fully saturated rings. The van der Waals surface area contributed by atoms with Gasteiger partial charge < -0.3 is 14.8 Å². The first-order valence-electron chi connectivity index (χ1n) is 13.9. The van der Waals surface area contributed by atoms with Crippen molar-refractivity contribution in [2.45, 2.75) is 38.8 Å². The molecule has 2 aromatic carbocycles. The maximum absolute atomic E-state index is 13.7. The number of allylic oxidation sites excluding steroid dienone is 2. The van der Waals surface area contributed by atoms with Gasteiger partial charge in [0.05, 0.1) is 36.0 Å². The van der Waals surface area contributed by atoms with Gasteiger partial charge in [-0.15, -0.1) is 12.4 Å². The second-order valence-electron chi connectivity index (χ2n) is 8.63. The maximum Gasteiger partial charge on any atom is 0.337 e. The summed E-state index contributed by atoms with van der Waals surface area (Å²) in [5, 5.41) is 14.5. The Morgan fingerprint density at radius 2 is 1.84 bits per heavy atom. The summed E-state index contributed by atoms with van der Waals surface area (Å²) in [6.45, 7) is 4.09. The van der Waals surface area contributed by atoms with Crippen LogP contribution in [0.1, 0.15) is 44.2 Å². The topological polar surface area (TPSA) is 111 Å². The zero-order chi connectivity index (χ0) is 30.2. The number of hydrogen-bond donors (Lipinski definition) is 1. The van der Waals surface area contributed by atoms with Crippen LogP contribution in [-0.4, -0.2) is 48.1 Å². The lowest BCUT2D eigenvalue weighted by molar-refractivity contribution is -0.384. The van der Waals surface area contributed by atoms with Gasteiger partial charge in [-0.05, 0) is 31.4 Å². The van der Waals surface area contributed by atoms with Gasteiger partial charge >= 0.3 is 11.9 Å². The number of nitrogens with zero attached hydrogens (tertiary/aromatic N) is 2. The highest BCUT2D eigenvalue weighted by atomic mass is 35.5. The minimum absolute atomic E-state index is 0. The van der Waals surface area contributed by atoms with Gasteiger partial charge in [-0.2, -0.15) is 0 Å². The summed E-state index contributed by atoms with van der Waals surface area (Å²) < 4.78 is 50.7. The molecule has 0 saturated carbocycles. The van der Waals surface area contributed by atoms with Crippen molar-refractivity contribution in [2.24, 2.45) is 0 Å². The molecule has 1 saturated heterocycles. The van der Waals surface area contributed by atoms with Crippen molar-refractivity contribution in [1.82, 2.24) is 10.2 Å². The van der Waals surface area contributed by atoms with E-state index in [-0.39, 0.29) is 60.0 Å². The molecule has 0 bridgehead atoms. The first-order valence-corrected chi connectivity index (χ1v) is 11.4. The number of nitro groups is 1. The molecule has 2 atom stereocenters. The van der Waals surface area contributed by atoms with Gasteiger partial charge in [0.1, 0.15) is 6.10 Å². The highest BCUT2D eigenvalue weighted by Crippen LogP contribution is 2.40. The van der Waals surface area contributed by atoms with E-state index < -0.39 is 47.0 Å². The van der Waals surface area contributed by atoms with Gasteiger partial charge in [0.15, 0.2) is 0 Å². The lowest BCUT2D eigenvalue weighted by Gasteiger charge is -2.30. The molecule has 0 amide bonds. The molecule has 9 nitrogen and oxygen atoms in total. The normalized spacial score (nSPS) is 21.5. The van der Waals surface area contributed by atoms with Crippen LogP contribution >= 0.6 is 12.4 Å². The Kier molecular flexibility index (Phi) is 6.96. The Morgan fingerprint density at radius 3 is 2.49 bits per heavy atom. The fourth-order valence-corrected chi connectivity index (χ4v) is 4.63. The summed E-state index contributed by atoms with van der Waals surface area (Å²) >= 11 is 0. The predicted molar refractivity (Wildman–Crippen MR) is 140 cm³/mol. The van der Waals surface area contributed by atoms with E-state index in [1.54, 1.807) is 19.9 Å². The first kappa shape index (κ1) is 21.4. The fourth-order valence-electron chi connectivity index (χ4n) is 4.63. The van der Waals surface area contributed by atoms with Gasteiger partial charge in [-0.1, -0.05) is 42.3 Å². The monoisotopic (exact) mass is 532 g/mol. The zero-order valence-electron chi connectivity index (χ0n) is 25.5. The number of non-ortho nitro benzene ring substituents is 1. The number of carbonyl (C=O) groups excluding carboxylic acids is 2. The van der Waals surface area contributed by atoms with Crippen LogP contribution in [0.2, 0.25) is 0 Å². The van der Waals surface area contributed by atoms with E-state index in [0.29, 0.717) is 29.9 Å². The smallest absolute Gasteiger partial charge is 0.337 e. The standard InChI is InChI=1S/C27H29N3O6.ClH/c1-17-23(26(31)35-3)25(20-10-7-11-21(14-20)30(33)34)24(18(2)28-17)27(32)36-22-12-13-29(16-22)15-19-8-5-4-6-9-19;/h4-11,14,22,25,28H,12-13,15-16H2,1-3H3;1H/t22-,25-;/m0./s1/i4D,5D,6D,8D,9D;. The second kappa shape index (κ2) is 12.0. The summed E-state index contributed by atoms with van der Waals surface area (Å²) in [5.74, 6) is -2.40. The molecule has 0 spiro atoms. The van der Waals surface area contributed by atoms with Crippen molar-refractivity contribution < 1.29 is 30.8 Å². The van der Waals surface area contributed by atoms with Crippen molar-refractivity contribution in [1.29, 1.82) is 0 Å². The van der Waals surface area contributed by atoms with Crippen LogP contribution < -0.4 is 5.32 Å². The Hall–Kier alpha value is -3.69. The largest absolute Gasteiger partial charge is 0.466 e. The average molecular weight is 533 g/mol. The molecular weight excluding hydrogens is 498 g/mol. The average Bonchev–Trinajstić information content (AvgIpc) is 3.38. The number of halogens is 1. The van der Waals surface area contributed by atoms with Crippen molar-refractivity contribution in [3.8, 4) is 0 Å².